The van der Waals surface area contributed by atoms with Crippen LogP contribution in [0.4, 0.5) is 0 Å². The molecule has 0 atom stereocenters. The van der Waals surface area contributed by atoms with Gasteiger partial charge in [0.15, 0.2) is 0 Å². The lowest BCUT2D eigenvalue weighted by Crippen LogP contribution is -2.41. The first kappa shape index (κ1) is 18.3. The molecule has 0 saturated heterocycles. The van der Waals surface area contributed by atoms with Crippen LogP contribution in [0, 0.1) is 0 Å². The minimum atomic E-state index is -0.547. The quantitative estimate of drug-likeness (QED) is 0.806. The number of likely N-dealkylation sites (N-methyl/N-ethyl adjacent to an activating group) is 2. The molecule has 1 aromatic rings. The lowest BCUT2D eigenvalue weighted by atomic mass is 10.3. The SMILES string of the molecule is CCNC(=O)CN(CC)C(=O)c1nc(Cl)c(Cl)c(Cl)c1Cl. The van der Waals surface area contributed by atoms with Crippen molar-refractivity contribution in [2.24, 2.45) is 0 Å². The van der Waals surface area contributed by atoms with Gasteiger partial charge < -0.3 is 10.2 Å². The number of halogens is 4. The van der Waals surface area contributed by atoms with E-state index >= 15 is 0 Å². The highest BCUT2D eigenvalue weighted by atomic mass is 35.5. The van der Waals surface area contributed by atoms with Gasteiger partial charge in [-0.1, -0.05) is 46.4 Å². The Bertz CT molecular complexity index is 566. The summed E-state index contributed by atoms with van der Waals surface area (Å²) < 4.78 is 0. The van der Waals surface area contributed by atoms with Crippen molar-refractivity contribution in [1.82, 2.24) is 15.2 Å². The number of nitrogens with one attached hydrogen (secondary N) is 1. The molecule has 116 valence electrons. The molecule has 1 heterocycles. The molecule has 0 fully saturated rings. The van der Waals surface area contributed by atoms with Crippen LogP contribution in [-0.2, 0) is 4.79 Å². The Morgan fingerprint density at radius 2 is 1.71 bits per heavy atom. The van der Waals surface area contributed by atoms with Gasteiger partial charge in [0.1, 0.15) is 10.8 Å². The second kappa shape index (κ2) is 8.03. The van der Waals surface area contributed by atoms with E-state index in [9.17, 15) is 9.59 Å². The van der Waals surface area contributed by atoms with Gasteiger partial charge in [-0.05, 0) is 13.8 Å². The lowest BCUT2D eigenvalue weighted by molar-refractivity contribution is -0.121. The molecule has 0 spiro atoms. The fourth-order valence-electron chi connectivity index (χ4n) is 1.53. The summed E-state index contributed by atoms with van der Waals surface area (Å²) in [7, 11) is 0. The molecule has 0 saturated carbocycles. The highest BCUT2D eigenvalue weighted by Gasteiger charge is 2.25. The Morgan fingerprint density at radius 1 is 1.10 bits per heavy atom. The van der Waals surface area contributed by atoms with Crippen LogP contribution in [0.5, 0.6) is 0 Å². The molecule has 0 aliphatic heterocycles. The zero-order valence-corrected chi connectivity index (χ0v) is 14.4. The van der Waals surface area contributed by atoms with Gasteiger partial charge in [0.25, 0.3) is 5.91 Å². The molecule has 9 heteroatoms. The van der Waals surface area contributed by atoms with Gasteiger partial charge in [-0.25, -0.2) is 4.98 Å². The van der Waals surface area contributed by atoms with Gasteiger partial charge in [-0.3, -0.25) is 9.59 Å². The van der Waals surface area contributed by atoms with E-state index < -0.39 is 5.91 Å². The molecule has 0 unspecified atom stereocenters. The van der Waals surface area contributed by atoms with Crippen LogP contribution in [0.15, 0.2) is 0 Å². The number of pyridine rings is 1. The average molecular weight is 373 g/mol. The highest BCUT2D eigenvalue weighted by molar-refractivity contribution is 6.52. The second-order valence-electron chi connectivity index (χ2n) is 3.97. The predicted molar refractivity (Wildman–Crippen MR) is 84.5 cm³/mol. The molecule has 0 radical (unpaired) electrons. The normalized spacial score (nSPS) is 10.4. The van der Waals surface area contributed by atoms with Crippen molar-refractivity contribution in [3.63, 3.8) is 0 Å². The summed E-state index contributed by atoms with van der Waals surface area (Å²) in [6.45, 7) is 4.17. The Morgan fingerprint density at radius 3 is 2.24 bits per heavy atom. The third kappa shape index (κ3) is 4.36. The van der Waals surface area contributed by atoms with Crippen LogP contribution >= 0.6 is 46.4 Å². The zero-order chi connectivity index (χ0) is 16.2. The molecule has 0 bridgehead atoms. The molecule has 0 aromatic carbocycles. The Hall–Kier alpha value is -0.750. The number of rotatable bonds is 5. The summed E-state index contributed by atoms with van der Waals surface area (Å²) in [6.07, 6.45) is 0. The van der Waals surface area contributed by atoms with E-state index in [4.69, 9.17) is 46.4 Å². The van der Waals surface area contributed by atoms with Crippen molar-refractivity contribution in [3.8, 4) is 0 Å². The van der Waals surface area contributed by atoms with Crippen molar-refractivity contribution >= 4 is 58.2 Å². The first-order valence-corrected chi connectivity index (χ1v) is 7.60. The van der Waals surface area contributed by atoms with E-state index in [0.717, 1.165) is 0 Å². The van der Waals surface area contributed by atoms with Gasteiger partial charge in [0, 0.05) is 13.1 Å². The van der Waals surface area contributed by atoms with Crippen LogP contribution in [0.1, 0.15) is 24.3 Å². The van der Waals surface area contributed by atoms with Crippen LogP contribution in [0.25, 0.3) is 0 Å². The van der Waals surface area contributed by atoms with Crippen LogP contribution in [0.2, 0.25) is 20.2 Å². The summed E-state index contributed by atoms with van der Waals surface area (Å²) >= 11 is 23.5. The number of nitrogens with zero attached hydrogens (tertiary/aromatic N) is 2. The fourth-order valence-corrected chi connectivity index (χ4v) is 2.34. The molecule has 0 aliphatic carbocycles. The first-order valence-electron chi connectivity index (χ1n) is 6.09. The van der Waals surface area contributed by atoms with Crippen LogP contribution < -0.4 is 5.32 Å². The Balaban J connectivity index is 3.09. The summed E-state index contributed by atoms with van der Waals surface area (Å²) in [5.74, 6) is -0.829. The Labute approximate surface area is 142 Å². The average Bonchev–Trinajstić information content (AvgIpc) is 2.46. The number of carbonyl (C=O) groups excluding carboxylic acids is 2. The largest absolute Gasteiger partial charge is 0.355 e. The minimum Gasteiger partial charge on any atom is -0.355 e. The third-order valence-electron chi connectivity index (χ3n) is 2.56. The topological polar surface area (TPSA) is 62.3 Å². The lowest BCUT2D eigenvalue weighted by Gasteiger charge is -2.20. The molecular weight excluding hydrogens is 360 g/mol. The number of carbonyl (C=O) groups is 2. The smallest absolute Gasteiger partial charge is 0.274 e. The molecule has 2 amide bonds. The summed E-state index contributed by atoms with van der Waals surface area (Å²) in [5.41, 5.74) is -0.137. The minimum absolute atomic E-state index is 0.0216. The van der Waals surface area contributed by atoms with E-state index in [1.165, 1.54) is 4.90 Å². The number of amides is 2. The van der Waals surface area contributed by atoms with Crippen molar-refractivity contribution in [2.75, 3.05) is 19.6 Å². The van der Waals surface area contributed by atoms with Crippen LogP contribution in [-0.4, -0.2) is 41.3 Å². The van der Waals surface area contributed by atoms with Gasteiger partial charge >= 0.3 is 0 Å². The van der Waals surface area contributed by atoms with Gasteiger partial charge in [0.05, 0.1) is 21.6 Å². The maximum atomic E-state index is 12.4. The van der Waals surface area contributed by atoms with Crippen molar-refractivity contribution in [3.05, 3.63) is 25.9 Å². The molecule has 1 N–H and O–H groups in total. The molecule has 1 aromatic heterocycles. The van der Waals surface area contributed by atoms with E-state index in [1.54, 1.807) is 13.8 Å². The molecule has 0 aliphatic rings. The van der Waals surface area contributed by atoms with Gasteiger partial charge in [0.2, 0.25) is 5.91 Å². The maximum Gasteiger partial charge on any atom is 0.274 e. The zero-order valence-electron chi connectivity index (χ0n) is 11.3. The Kier molecular flexibility index (Phi) is 7.00. The highest BCUT2D eigenvalue weighted by Crippen LogP contribution is 2.36. The van der Waals surface area contributed by atoms with Crippen molar-refractivity contribution in [1.29, 1.82) is 0 Å². The van der Waals surface area contributed by atoms with Crippen LogP contribution in [0.3, 0.4) is 0 Å². The van der Waals surface area contributed by atoms with E-state index in [-0.39, 0.29) is 38.4 Å². The second-order valence-corrected chi connectivity index (χ2v) is 5.46. The molecule has 5 nitrogen and oxygen atoms in total. The third-order valence-corrected chi connectivity index (χ3v) is 4.24. The van der Waals surface area contributed by atoms with Gasteiger partial charge in [-0.2, -0.15) is 0 Å². The standard InChI is InChI=1S/C12H13Cl4N3O2/c1-3-17-6(20)5-19(4-2)12(21)10-8(14)7(13)9(15)11(16)18-10/h3-5H2,1-2H3,(H,17,20). The number of hydrogen-bond acceptors (Lipinski definition) is 3. The monoisotopic (exact) mass is 371 g/mol. The maximum absolute atomic E-state index is 12.4. The van der Waals surface area contributed by atoms with Gasteiger partial charge in [-0.15, -0.1) is 0 Å². The van der Waals surface area contributed by atoms with E-state index in [2.05, 4.69) is 10.3 Å². The molecule has 21 heavy (non-hydrogen) atoms. The summed E-state index contributed by atoms with van der Waals surface area (Å²) in [5, 5.41) is 2.32. The summed E-state index contributed by atoms with van der Waals surface area (Å²) in [6, 6.07) is 0. The van der Waals surface area contributed by atoms with E-state index in [1.807, 2.05) is 0 Å². The van der Waals surface area contributed by atoms with Crippen molar-refractivity contribution < 1.29 is 9.59 Å². The predicted octanol–water partition coefficient (Wildman–Crippen LogP) is 3.29. The fraction of sp³-hybridized carbons (Fsp3) is 0.417. The first-order chi connectivity index (χ1) is 9.83. The van der Waals surface area contributed by atoms with Crippen molar-refractivity contribution in [2.45, 2.75) is 13.8 Å². The molecule has 1 rings (SSSR count). The number of aromatic nitrogens is 1. The number of hydrogen-bond donors (Lipinski definition) is 1. The van der Waals surface area contributed by atoms with E-state index in [0.29, 0.717) is 13.1 Å². The molecular formula is C12H13Cl4N3O2. The summed E-state index contributed by atoms with van der Waals surface area (Å²) in [4.78, 5) is 29.1.